The second-order valence-corrected chi connectivity index (χ2v) is 4.94. The molecule has 17 heavy (non-hydrogen) atoms. The number of benzene rings is 1. The number of hydrogen-bond donors (Lipinski definition) is 0. The molecule has 0 N–H and O–H groups in total. The van der Waals surface area contributed by atoms with Gasteiger partial charge in [0, 0.05) is 12.1 Å². The lowest BCUT2D eigenvalue weighted by molar-refractivity contribution is 0.655. The number of hydrogen-bond acceptors (Lipinski definition) is 1. The van der Waals surface area contributed by atoms with Gasteiger partial charge in [-0.25, -0.2) is 0 Å². The minimum Gasteiger partial charge on any atom is -0.264 e. The zero-order valence-electron chi connectivity index (χ0n) is 10.5. The average Bonchev–Trinajstić information content (AvgIpc) is 2.67. The summed E-state index contributed by atoms with van der Waals surface area (Å²) in [5, 5.41) is 4.62. The first kappa shape index (κ1) is 12.4. The Labute approximate surface area is 111 Å². The third kappa shape index (κ3) is 2.29. The maximum atomic E-state index is 4.62. The molecular formula is C14H17BrN2. The van der Waals surface area contributed by atoms with Gasteiger partial charge in [-0.05, 0) is 36.2 Å². The molecule has 0 atom stereocenters. The largest absolute Gasteiger partial charge is 0.264 e. The van der Waals surface area contributed by atoms with Crippen LogP contribution in [-0.4, -0.2) is 9.78 Å². The fourth-order valence-corrected chi connectivity index (χ4v) is 2.72. The molecule has 1 heterocycles. The molecule has 0 aliphatic carbocycles. The quantitative estimate of drug-likeness (QED) is 0.829. The van der Waals surface area contributed by atoms with Gasteiger partial charge < -0.3 is 0 Å². The minimum atomic E-state index is 0.891. The molecule has 0 fully saturated rings. The first-order chi connectivity index (χ1) is 8.17. The van der Waals surface area contributed by atoms with E-state index >= 15 is 0 Å². The van der Waals surface area contributed by atoms with E-state index in [1.807, 2.05) is 0 Å². The van der Waals surface area contributed by atoms with Crippen LogP contribution in [0.25, 0.3) is 11.3 Å². The lowest BCUT2D eigenvalue weighted by Crippen LogP contribution is -1.99. The van der Waals surface area contributed by atoms with Crippen LogP contribution >= 0.6 is 15.9 Å². The zero-order chi connectivity index (χ0) is 12.4. The second-order valence-electron chi connectivity index (χ2n) is 4.14. The summed E-state index contributed by atoms with van der Waals surface area (Å²) in [4.78, 5) is 0. The first-order valence-electron chi connectivity index (χ1n) is 5.99. The molecule has 0 amide bonds. The second kappa shape index (κ2) is 5.05. The third-order valence-corrected chi connectivity index (χ3v) is 3.75. The molecule has 3 heteroatoms. The van der Waals surface area contributed by atoms with Crippen LogP contribution < -0.4 is 0 Å². The fourth-order valence-electron chi connectivity index (χ4n) is 1.93. The highest BCUT2D eigenvalue weighted by Gasteiger charge is 2.14. The Morgan fingerprint density at radius 2 is 1.82 bits per heavy atom. The Morgan fingerprint density at radius 1 is 1.18 bits per heavy atom. The molecule has 2 aromatic rings. The third-order valence-electron chi connectivity index (χ3n) is 2.92. The lowest BCUT2D eigenvalue weighted by Gasteiger charge is -2.05. The first-order valence-corrected chi connectivity index (χ1v) is 6.78. The van der Waals surface area contributed by atoms with Crippen molar-refractivity contribution in [1.82, 2.24) is 9.78 Å². The number of rotatable bonds is 3. The standard InChI is InChI=1S/C14H17BrN2/c1-4-12-13(15)14(17(5-2)16-12)11-8-6-10(3)7-9-11/h6-9H,4-5H2,1-3H3. The van der Waals surface area contributed by atoms with Gasteiger partial charge in [-0.3, -0.25) is 4.68 Å². The van der Waals surface area contributed by atoms with Crippen molar-refractivity contribution >= 4 is 15.9 Å². The summed E-state index contributed by atoms with van der Waals surface area (Å²) in [6, 6.07) is 8.59. The number of aromatic nitrogens is 2. The molecule has 90 valence electrons. The molecule has 2 rings (SSSR count). The summed E-state index contributed by atoms with van der Waals surface area (Å²) >= 11 is 3.67. The smallest absolute Gasteiger partial charge is 0.0827 e. The number of halogens is 1. The van der Waals surface area contributed by atoms with E-state index in [2.05, 4.69) is 70.7 Å². The number of nitrogens with zero attached hydrogens (tertiary/aromatic N) is 2. The van der Waals surface area contributed by atoms with E-state index in [4.69, 9.17) is 0 Å². The molecule has 0 saturated heterocycles. The normalized spacial score (nSPS) is 10.8. The lowest BCUT2D eigenvalue weighted by atomic mass is 10.1. The van der Waals surface area contributed by atoms with Gasteiger partial charge in [0.05, 0.1) is 15.9 Å². The Morgan fingerprint density at radius 3 is 2.35 bits per heavy atom. The van der Waals surface area contributed by atoms with Crippen LogP contribution in [0.1, 0.15) is 25.1 Å². The van der Waals surface area contributed by atoms with Crippen molar-refractivity contribution in [3.05, 3.63) is 40.0 Å². The number of aryl methyl sites for hydroxylation is 3. The maximum absolute atomic E-state index is 4.62. The summed E-state index contributed by atoms with van der Waals surface area (Å²) in [6.07, 6.45) is 0.951. The van der Waals surface area contributed by atoms with Gasteiger partial charge in [0.15, 0.2) is 0 Å². The molecule has 0 aliphatic heterocycles. The highest BCUT2D eigenvalue weighted by molar-refractivity contribution is 9.10. The molecule has 0 saturated carbocycles. The molecular weight excluding hydrogens is 276 g/mol. The van der Waals surface area contributed by atoms with Crippen molar-refractivity contribution in [1.29, 1.82) is 0 Å². The summed E-state index contributed by atoms with van der Waals surface area (Å²) in [6.45, 7) is 7.25. The van der Waals surface area contributed by atoms with Crippen LogP contribution in [0.15, 0.2) is 28.7 Å². The molecule has 0 unspecified atom stereocenters. The van der Waals surface area contributed by atoms with Crippen molar-refractivity contribution in [3.8, 4) is 11.3 Å². The van der Waals surface area contributed by atoms with E-state index in [1.165, 1.54) is 16.8 Å². The Bertz CT molecular complexity index is 512. The molecule has 0 radical (unpaired) electrons. The molecule has 1 aromatic heterocycles. The average molecular weight is 293 g/mol. The van der Waals surface area contributed by atoms with Crippen molar-refractivity contribution < 1.29 is 0 Å². The summed E-state index contributed by atoms with van der Waals surface area (Å²) < 4.78 is 3.19. The predicted octanol–water partition coefficient (Wildman–Crippen LogP) is 4.20. The van der Waals surface area contributed by atoms with E-state index in [0.29, 0.717) is 0 Å². The van der Waals surface area contributed by atoms with Crippen molar-refractivity contribution in [3.63, 3.8) is 0 Å². The SMILES string of the molecule is CCc1nn(CC)c(-c2ccc(C)cc2)c1Br. The van der Waals surface area contributed by atoms with Gasteiger partial charge in [-0.15, -0.1) is 0 Å². The monoisotopic (exact) mass is 292 g/mol. The fraction of sp³-hybridized carbons (Fsp3) is 0.357. The highest BCUT2D eigenvalue weighted by atomic mass is 79.9. The summed E-state index contributed by atoms with van der Waals surface area (Å²) in [5.74, 6) is 0. The minimum absolute atomic E-state index is 0.891. The Kier molecular flexibility index (Phi) is 3.67. The van der Waals surface area contributed by atoms with Gasteiger partial charge in [-0.2, -0.15) is 5.10 Å². The van der Waals surface area contributed by atoms with E-state index in [0.717, 1.165) is 23.1 Å². The van der Waals surface area contributed by atoms with Crippen LogP contribution in [0, 0.1) is 6.92 Å². The van der Waals surface area contributed by atoms with Gasteiger partial charge in [0.25, 0.3) is 0 Å². The van der Waals surface area contributed by atoms with Crippen LogP contribution in [-0.2, 0) is 13.0 Å². The van der Waals surface area contributed by atoms with Gasteiger partial charge in [0.2, 0.25) is 0 Å². The Hall–Kier alpha value is -1.09. The van der Waals surface area contributed by atoms with E-state index in [1.54, 1.807) is 0 Å². The van der Waals surface area contributed by atoms with E-state index in [9.17, 15) is 0 Å². The highest BCUT2D eigenvalue weighted by Crippen LogP contribution is 2.31. The Balaban J connectivity index is 2.57. The van der Waals surface area contributed by atoms with E-state index < -0.39 is 0 Å². The van der Waals surface area contributed by atoms with Crippen LogP contribution in [0.5, 0.6) is 0 Å². The van der Waals surface area contributed by atoms with Crippen molar-refractivity contribution in [2.75, 3.05) is 0 Å². The van der Waals surface area contributed by atoms with Crippen molar-refractivity contribution in [2.24, 2.45) is 0 Å². The van der Waals surface area contributed by atoms with Crippen LogP contribution in [0.3, 0.4) is 0 Å². The van der Waals surface area contributed by atoms with Gasteiger partial charge in [-0.1, -0.05) is 36.8 Å². The maximum Gasteiger partial charge on any atom is 0.0827 e. The molecule has 1 aromatic carbocycles. The van der Waals surface area contributed by atoms with Gasteiger partial charge in [0.1, 0.15) is 0 Å². The van der Waals surface area contributed by atoms with Crippen LogP contribution in [0.4, 0.5) is 0 Å². The predicted molar refractivity (Wildman–Crippen MR) is 75.2 cm³/mol. The molecule has 0 aliphatic rings. The van der Waals surface area contributed by atoms with E-state index in [-0.39, 0.29) is 0 Å². The summed E-state index contributed by atoms with van der Waals surface area (Å²) in [7, 11) is 0. The van der Waals surface area contributed by atoms with Crippen LogP contribution in [0.2, 0.25) is 0 Å². The zero-order valence-corrected chi connectivity index (χ0v) is 12.1. The molecule has 0 spiro atoms. The van der Waals surface area contributed by atoms with Crippen molar-refractivity contribution in [2.45, 2.75) is 33.7 Å². The molecule has 0 bridgehead atoms. The molecule has 2 nitrogen and oxygen atoms in total. The summed E-state index contributed by atoms with van der Waals surface area (Å²) in [5.41, 5.74) is 4.81. The van der Waals surface area contributed by atoms with Gasteiger partial charge >= 0.3 is 0 Å². The topological polar surface area (TPSA) is 17.8 Å².